The molecule has 0 N–H and O–H groups in total. The third-order valence-electron chi connectivity index (χ3n) is 5.32. The number of fused-ring (bicyclic) bond motifs is 1. The molecule has 0 unspecified atom stereocenters. The quantitative estimate of drug-likeness (QED) is 0.582. The second kappa shape index (κ2) is 6.97. The predicted octanol–water partition coefficient (Wildman–Crippen LogP) is 4.15. The van der Waals surface area contributed by atoms with E-state index >= 15 is 0 Å². The number of benzene rings is 1. The van der Waals surface area contributed by atoms with Crippen molar-refractivity contribution in [2.75, 3.05) is 19.6 Å². The summed E-state index contributed by atoms with van der Waals surface area (Å²) >= 11 is 3.10. The SMILES string of the molecule is CC(C)(C)OC(=O)N1CCN2C(=O)c3cc(F)c(Br)c4c(F)cn(c34)CC[C@H]2C1. The molecule has 2 aromatic rings. The van der Waals surface area contributed by atoms with Gasteiger partial charge in [0.05, 0.1) is 27.0 Å². The Hall–Kier alpha value is -2.16. The summed E-state index contributed by atoms with van der Waals surface area (Å²) in [6.45, 7) is 6.81. The van der Waals surface area contributed by atoms with Crippen LogP contribution in [0.5, 0.6) is 0 Å². The van der Waals surface area contributed by atoms with Crippen molar-refractivity contribution in [3.63, 3.8) is 0 Å². The van der Waals surface area contributed by atoms with E-state index in [1.54, 1.807) is 35.1 Å². The van der Waals surface area contributed by atoms with Gasteiger partial charge in [0.1, 0.15) is 17.2 Å². The number of carbonyl (C=O) groups excluding carboxylic acids is 2. The van der Waals surface area contributed by atoms with Gasteiger partial charge in [-0.1, -0.05) is 0 Å². The molecule has 0 aliphatic carbocycles. The molecule has 1 aromatic heterocycles. The molecule has 1 saturated heterocycles. The van der Waals surface area contributed by atoms with Gasteiger partial charge in [-0.15, -0.1) is 0 Å². The number of ether oxygens (including phenoxy) is 1. The van der Waals surface area contributed by atoms with E-state index in [1.165, 1.54) is 6.20 Å². The van der Waals surface area contributed by atoms with Crippen LogP contribution in [0.15, 0.2) is 16.7 Å². The Morgan fingerprint density at radius 1 is 1.21 bits per heavy atom. The summed E-state index contributed by atoms with van der Waals surface area (Å²) in [4.78, 5) is 29.0. The van der Waals surface area contributed by atoms with Crippen LogP contribution in [-0.4, -0.2) is 57.6 Å². The van der Waals surface area contributed by atoms with Crippen LogP contribution >= 0.6 is 15.9 Å². The van der Waals surface area contributed by atoms with Crippen LogP contribution in [-0.2, 0) is 11.3 Å². The number of aromatic nitrogens is 1. The maximum atomic E-state index is 14.5. The third kappa shape index (κ3) is 3.49. The van der Waals surface area contributed by atoms with E-state index < -0.39 is 23.3 Å². The molecule has 2 aliphatic rings. The highest BCUT2D eigenvalue weighted by molar-refractivity contribution is 9.10. The van der Waals surface area contributed by atoms with Gasteiger partial charge in [-0.25, -0.2) is 13.6 Å². The van der Waals surface area contributed by atoms with Crippen LogP contribution in [0.1, 0.15) is 37.6 Å². The number of nitrogens with zero attached hydrogens (tertiary/aromatic N) is 3. The zero-order valence-electron chi connectivity index (χ0n) is 16.5. The minimum atomic E-state index is -0.679. The van der Waals surface area contributed by atoms with E-state index in [-0.39, 0.29) is 27.4 Å². The molecule has 1 atom stereocenters. The number of aryl methyl sites for hydroxylation is 1. The molecule has 0 spiro atoms. The van der Waals surface area contributed by atoms with E-state index in [0.717, 1.165) is 6.07 Å². The highest BCUT2D eigenvalue weighted by Crippen LogP contribution is 2.36. The third-order valence-corrected chi connectivity index (χ3v) is 6.09. The fourth-order valence-electron chi connectivity index (χ4n) is 4.04. The molecule has 2 aliphatic heterocycles. The number of halogens is 3. The molecule has 2 amide bonds. The highest BCUT2D eigenvalue weighted by atomic mass is 79.9. The Kier molecular flexibility index (Phi) is 4.83. The van der Waals surface area contributed by atoms with Crippen LogP contribution in [0.25, 0.3) is 10.9 Å². The standard InChI is InChI=1S/C20H22BrF2N3O3/c1-20(2,3)29-19(28)25-6-7-26-11(9-25)4-5-24-10-14(23)15-16(21)13(22)8-12(17(15)24)18(26)27/h8,10-11H,4-7,9H2,1-3H3/t11-/m0/s1. The van der Waals surface area contributed by atoms with Crippen molar-refractivity contribution in [1.82, 2.24) is 14.4 Å². The van der Waals surface area contributed by atoms with Gasteiger partial charge in [-0.05, 0) is 49.2 Å². The monoisotopic (exact) mass is 469 g/mol. The van der Waals surface area contributed by atoms with Crippen LogP contribution in [0.3, 0.4) is 0 Å². The summed E-state index contributed by atoms with van der Waals surface area (Å²) in [5.74, 6) is -1.60. The second-order valence-electron chi connectivity index (χ2n) is 8.48. The molecular weight excluding hydrogens is 448 g/mol. The minimum Gasteiger partial charge on any atom is -0.444 e. The highest BCUT2D eigenvalue weighted by Gasteiger charge is 2.37. The Labute approximate surface area is 175 Å². The second-order valence-corrected chi connectivity index (χ2v) is 9.27. The van der Waals surface area contributed by atoms with Crippen LogP contribution < -0.4 is 0 Å². The first-order valence-electron chi connectivity index (χ1n) is 9.52. The Morgan fingerprint density at radius 3 is 2.62 bits per heavy atom. The van der Waals surface area contributed by atoms with Gasteiger partial charge in [0.15, 0.2) is 0 Å². The van der Waals surface area contributed by atoms with E-state index in [4.69, 9.17) is 4.74 Å². The first-order chi connectivity index (χ1) is 13.6. The normalized spacial score (nSPS) is 19.8. The van der Waals surface area contributed by atoms with Crippen molar-refractivity contribution >= 4 is 38.8 Å². The molecule has 6 nitrogen and oxygen atoms in total. The largest absolute Gasteiger partial charge is 0.444 e. The zero-order chi connectivity index (χ0) is 21.1. The average molecular weight is 470 g/mol. The van der Waals surface area contributed by atoms with Gasteiger partial charge in [0.2, 0.25) is 0 Å². The number of hydrogen-bond acceptors (Lipinski definition) is 3. The molecule has 3 heterocycles. The van der Waals surface area contributed by atoms with Crippen LogP contribution in [0.2, 0.25) is 0 Å². The lowest BCUT2D eigenvalue weighted by atomic mass is 10.0. The molecule has 1 fully saturated rings. The maximum Gasteiger partial charge on any atom is 0.410 e. The number of hydrogen-bond donors (Lipinski definition) is 0. The zero-order valence-corrected chi connectivity index (χ0v) is 18.1. The van der Waals surface area contributed by atoms with Crippen molar-refractivity contribution in [2.45, 2.75) is 45.4 Å². The molecule has 9 heteroatoms. The first-order valence-corrected chi connectivity index (χ1v) is 10.3. The lowest BCUT2D eigenvalue weighted by Gasteiger charge is -2.42. The molecule has 156 valence electrons. The minimum absolute atomic E-state index is 0.0205. The van der Waals surface area contributed by atoms with E-state index in [9.17, 15) is 18.4 Å². The van der Waals surface area contributed by atoms with Gasteiger partial charge < -0.3 is 19.1 Å². The van der Waals surface area contributed by atoms with Gasteiger partial charge in [-0.2, -0.15) is 0 Å². The van der Waals surface area contributed by atoms with Crippen molar-refractivity contribution < 1.29 is 23.1 Å². The van der Waals surface area contributed by atoms with Crippen molar-refractivity contribution in [1.29, 1.82) is 0 Å². The fourth-order valence-corrected chi connectivity index (χ4v) is 4.53. The molecule has 29 heavy (non-hydrogen) atoms. The number of rotatable bonds is 0. The number of carbonyl (C=O) groups is 2. The van der Waals surface area contributed by atoms with Gasteiger partial charge in [-0.3, -0.25) is 4.79 Å². The maximum absolute atomic E-state index is 14.5. The van der Waals surface area contributed by atoms with Gasteiger partial charge in [0, 0.05) is 32.4 Å². The Balaban J connectivity index is 1.68. The van der Waals surface area contributed by atoms with Crippen molar-refractivity contribution in [2.24, 2.45) is 0 Å². The van der Waals surface area contributed by atoms with Crippen molar-refractivity contribution in [3.8, 4) is 0 Å². The lowest BCUT2D eigenvalue weighted by molar-refractivity contribution is 0.00286. The first kappa shape index (κ1) is 20.1. The van der Waals surface area contributed by atoms with E-state index in [1.807, 2.05) is 0 Å². The van der Waals surface area contributed by atoms with Crippen molar-refractivity contribution in [3.05, 3.63) is 33.9 Å². The van der Waals surface area contributed by atoms with Crippen LogP contribution in [0.4, 0.5) is 13.6 Å². The van der Waals surface area contributed by atoms with E-state index in [0.29, 0.717) is 38.1 Å². The topological polar surface area (TPSA) is 54.8 Å². The average Bonchev–Trinajstić information content (AvgIpc) is 2.96. The molecule has 0 bridgehead atoms. The lowest BCUT2D eigenvalue weighted by Crippen LogP contribution is -2.57. The fraction of sp³-hybridized carbons (Fsp3) is 0.500. The predicted molar refractivity (Wildman–Crippen MR) is 107 cm³/mol. The molecular formula is C20H22BrF2N3O3. The smallest absolute Gasteiger partial charge is 0.410 e. The number of amides is 2. The molecule has 0 saturated carbocycles. The molecule has 4 rings (SSSR count). The summed E-state index contributed by atoms with van der Waals surface area (Å²) < 4.78 is 36.1. The summed E-state index contributed by atoms with van der Waals surface area (Å²) in [6.07, 6.45) is 1.43. The molecule has 1 aromatic carbocycles. The van der Waals surface area contributed by atoms with Gasteiger partial charge >= 0.3 is 6.09 Å². The van der Waals surface area contributed by atoms with E-state index in [2.05, 4.69) is 15.9 Å². The van der Waals surface area contributed by atoms with Crippen LogP contribution in [0, 0.1) is 11.6 Å². The summed E-state index contributed by atoms with van der Waals surface area (Å²) in [6, 6.07) is 0.900. The summed E-state index contributed by atoms with van der Waals surface area (Å²) in [5.41, 5.74) is -0.0721. The Bertz CT molecular complexity index is 1010. The number of piperazine rings is 1. The summed E-state index contributed by atoms with van der Waals surface area (Å²) in [5, 5.41) is 0.0826. The van der Waals surface area contributed by atoms with Gasteiger partial charge in [0.25, 0.3) is 5.91 Å². The Morgan fingerprint density at radius 2 is 1.93 bits per heavy atom. The summed E-state index contributed by atoms with van der Waals surface area (Å²) in [7, 11) is 0. The molecule has 0 radical (unpaired) electrons.